The molecule has 6 nitrogen and oxygen atoms in total. The summed E-state index contributed by atoms with van der Waals surface area (Å²) < 4.78 is 0. The molecule has 0 spiro atoms. The Morgan fingerprint density at radius 2 is 2.33 bits per heavy atom. The molecule has 0 bridgehead atoms. The molecule has 2 rings (SSSR count). The van der Waals surface area contributed by atoms with E-state index in [1.54, 1.807) is 6.92 Å². The number of amides is 1. The van der Waals surface area contributed by atoms with Gasteiger partial charge in [0, 0.05) is 6.20 Å². The summed E-state index contributed by atoms with van der Waals surface area (Å²) in [6, 6.07) is 5.13. The Labute approximate surface area is 126 Å². The first-order valence-electron chi connectivity index (χ1n) is 6.49. The smallest absolute Gasteiger partial charge is 0.338 e. The topological polar surface area (TPSA) is 103 Å². The third-order valence-electron chi connectivity index (χ3n) is 3.37. The summed E-state index contributed by atoms with van der Waals surface area (Å²) in [7, 11) is 0. The fourth-order valence-corrected chi connectivity index (χ4v) is 2.80. The van der Waals surface area contributed by atoms with Crippen LogP contribution in [0.15, 0.2) is 23.4 Å². The number of hydrogen-bond acceptors (Lipinski definition) is 5. The monoisotopic (exact) mass is 305 g/mol. The molecule has 21 heavy (non-hydrogen) atoms. The van der Waals surface area contributed by atoms with Crippen molar-refractivity contribution in [2.24, 2.45) is 5.92 Å². The second kappa shape index (κ2) is 6.14. The third-order valence-corrected chi connectivity index (χ3v) is 4.37. The quantitative estimate of drug-likeness (QED) is 0.775. The Hall–Kier alpha value is -2.07. The van der Waals surface area contributed by atoms with Gasteiger partial charge in [-0.1, -0.05) is 11.8 Å². The Bertz CT molecular complexity index is 610. The number of nitriles is 1. The van der Waals surface area contributed by atoms with Gasteiger partial charge in [0.25, 0.3) is 0 Å². The van der Waals surface area contributed by atoms with Crippen LogP contribution in [0.25, 0.3) is 0 Å². The van der Waals surface area contributed by atoms with Gasteiger partial charge in [-0.2, -0.15) is 5.26 Å². The van der Waals surface area contributed by atoms with Gasteiger partial charge < -0.3 is 10.4 Å². The predicted octanol–water partition coefficient (Wildman–Crippen LogP) is 1.68. The molecule has 1 aliphatic carbocycles. The molecule has 1 aromatic heterocycles. The number of carboxylic acid groups (broad SMARTS) is 1. The summed E-state index contributed by atoms with van der Waals surface area (Å²) in [6.07, 6.45) is 3.37. The van der Waals surface area contributed by atoms with E-state index in [0.717, 1.165) is 24.6 Å². The molecule has 0 aromatic carbocycles. The van der Waals surface area contributed by atoms with E-state index in [1.165, 1.54) is 18.3 Å². The van der Waals surface area contributed by atoms with Gasteiger partial charge in [-0.25, -0.2) is 9.78 Å². The molecule has 1 heterocycles. The minimum Gasteiger partial charge on any atom is -0.478 e. The molecule has 110 valence electrons. The molecule has 1 atom stereocenters. The highest BCUT2D eigenvalue weighted by molar-refractivity contribution is 8.00. The molecule has 1 aromatic rings. The lowest BCUT2D eigenvalue weighted by Gasteiger charge is -2.22. The lowest BCUT2D eigenvalue weighted by atomic mass is 9.98. The number of pyridine rings is 1. The molecule has 1 aliphatic rings. The molecule has 0 saturated heterocycles. The molecule has 7 heteroatoms. The van der Waals surface area contributed by atoms with Gasteiger partial charge in [0.05, 0.1) is 17.4 Å². The van der Waals surface area contributed by atoms with Crippen molar-refractivity contribution in [1.29, 1.82) is 5.26 Å². The van der Waals surface area contributed by atoms with Crippen LogP contribution in [0, 0.1) is 17.2 Å². The molecule has 0 aliphatic heterocycles. The molecule has 1 fully saturated rings. The van der Waals surface area contributed by atoms with Gasteiger partial charge in [-0.15, -0.1) is 0 Å². The maximum absolute atomic E-state index is 11.9. The van der Waals surface area contributed by atoms with Gasteiger partial charge in [-0.05, 0) is 37.8 Å². The fraction of sp³-hybridized carbons (Fsp3) is 0.429. The van der Waals surface area contributed by atoms with E-state index < -0.39 is 11.5 Å². The molecule has 1 unspecified atom stereocenters. The number of nitrogens with zero attached hydrogens (tertiary/aromatic N) is 2. The summed E-state index contributed by atoms with van der Waals surface area (Å²) in [4.78, 5) is 27.0. The van der Waals surface area contributed by atoms with Crippen molar-refractivity contribution < 1.29 is 14.7 Å². The number of carboxylic acids is 1. The van der Waals surface area contributed by atoms with E-state index in [-0.39, 0.29) is 23.1 Å². The predicted molar refractivity (Wildman–Crippen MR) is 76.8 cm³/mol. The average molecular weight is 305 g/mol. The average Bonchev–Trinajstić information content (AvgIpc) is 3.30. The Balaban J connectivity index is 1.96. The van der Waals surface area contributed by atoms with E-state index in [2.05, 4.69) is 16.4 Å². The van der Waals surface area contributed by atoms with Crippen LogP contribution in [0.2, 0.25) is 0 Å². The van der Waals surface area contributed by atoms with Crippen molar-refractivity contribution in [1.82, 2.24) is 10.3 Å². The van der Waals surface area contributed by atoms with Crippen LogP contribution in [-0.4, -0.2) is 33.3 Å². The zero-order valence-electron chi connectivity index (χ0n) is 11.5. The summed E-state index contributed by atoms with van der Waals surface area (Å²) in [5.74, 6) is -1.13. The fourth-order valence-electron chi connectivity index (χ4n) is 2.01. The SMILES string of the molecule is CC(C#N)(NC(=O)CSc1ncccc1C(=O)O)C1CC1. The number of aromatic nitrogens is 1. The van der Waals surface area contributed by atoms with Gasteiger partial charge in [0.2, 0.25) is 5.91 Å². The van der Waals surface area contributed by atoms with Crippen molar-refractivity contribution in [3.05, 3.63) is 23.9 Å². The molecule has 1 amide bonds. The van der Waals surface area contributed by atoms with Crippen LogP contribution in [0.4, 0.5) is 0 Å². The number of aromatic carboxylic acids is 1. The molecular weight excluding hydrogens is 290 g/mol. The van der Waals surface area contributed by atoms with Crippen LogP contribution in [0.3, 0.4) is 0 Å². The van der Waals surface area contributed by atoms with Crippen molar-refractivity contribution in [2.75, 3.05) is 5.75 Å². The maximum atomic E-state index is 11.9. The zero-order valence-corrected chi connectivity index (χ0v) is 12.3. The number of carbonyl (C=O) groups is 2. The highest BCUT2D eigenvalue weighted by Crippen LogP contribution is 2.39. The first kappa shape index (κ1) is 15.3. The lowest BCUT2D eigenvalue weighted by Crippen LogP contribution is -2.47. The first-order chi connectivity index (χ1) is 9.96. The molecule has 2 N–H and O–H groups in total. The van der Waals surface area contributed by atoms with E-state index in [4.69, 9.17) is 5.11 Å². The summed E-state index contributed by atoms with van der Waals surface area (Å²) >= 11 is 1.05. The molecule has 1 saturated carbocycles. The van der Waals surface area contributed by atoms with Crippen molar-refractivity contribution in [2.45, 2.75) is 30.3 Å². The first-order valence-corrected chi connectivity index (χ1v) is 7.48. The summed E-state index contributed by atoms with van der Waals surface area (Å²) in [5.41, 5.74) is -0.766. The van der Waals surface area contributed by atoms with Crippen LogP contribution in [0.5, 0.6) is 0 Å². The van der Waals surface area contributed by atoms with Gasteiger partial charge in [0.15, 0.2) is 0 Å². The van der Waals surface area contributed by atoms with E-state index in [0.29, 0.717) is 5.03 Å². The zero-order chi connectivity index (χ0) is 15.5. The van der Waals surface area contributed by atoms with Crippen LogP contribution < -0.4 is 5.32 Å². The van der Waals surface area contributed by atoms with Gasteiger partial charge >= 0.3 is 5.97 Å². The van der Waals surface area contributed by atoms with E-state index in [1.807, 2.05) is 0 Å². The number of hydrogen-bond donors (Lipinski definition) is 2. The van der Waals surface area contributed by atoms with E-state index in [9.17, 15) is 14.9 Å². The minimum atomic E-state index is -1.08. The molecular formula is C14H15N3O3S. The highest BCUT2D eigenvalue weighted by atomic mass is 32.2. The van der Waals surface area contributed by atoms with E-state index >= 15 is 0 Å². The standard InChI is InChI=1S/C14H15N3O3S/c1-14(8-15,9-4-5-9)17-11(18)7-21-12-10(13(19)20)3-2-6-16-12/h2-3,6,9H,4-5,7H2,1H3,(H,17,18)(H,19,20). The van der Waals surface area contributed by atoms with Crippen LogP contribution >= 0.6 is 11.8 Å². The Morgan fingerprint density at radius 1 is 1.62 bits per heavy atom. The second-order valence-electron chi connectivity index (χ2n) is 5.09. The third kappa shape index (κ3) is 3.73. The van der Waals surface area contributed by atoms with Crippen molar-refractivity contribution >= 4 is 23.6 Å². The van der Waals surface area contributed by atoms with Crippen LogP contribution in [0.1, 0.15) is 30.1 Å². The molecule has 0 radical (unpaired) electrons. The Kier molecular flexibility index (Phi) is 4.48. The van der Waals surface area contributed by atoms with Gasteiger partial charge in [0.1, 0.15) is 10.6 Å². The summed E-state index contributed by atoms with van der Waals surface area (Å²) in [5, 5.41) is 21.2. The summed E-state index contributed by atoms with van der Waals surface area (Å²) in [6.45, 7) is 1.72. The second-order valence-corrected chi connectivity index (χ2v) is 6.05. The number of rotatable bonds is 6. The van der Waals surface area contributed by atoms with Gasteiger partial charge in [-0.3, -0.25) is 4.79 Å². The van der Waals surface area contributed by atoms with Crippen LogP contribution in [-0.2, 0) is 4.79 Å². The lowest BCUT2D eigenvalue weighted by molar-refractivity contribution is -0.119. The Morgan fingerprint density at radius 3 is 2.90 bits per heavy atom. The number of nitrogens with one attached hydrogen (secondary N) is 1. The van der Waals surface area contributed by atoms with Crippen molar-refractivity contribution in [3.8, 4) is 6.07 Å². The minimum absolute atomic E-state index is 0.0291. The normalized spacial score (nSPS) is 16.6. The number of thioether (sulfide) groups is 1. The highest BCUT2D eigenvalue weighted by Gasteiger charge is 2.42. The number of carbonyl (C=O) groups excluding carboxylic acids is 1. The van der Waals surface area contributed by atoms with Crippen molar-refractivity contribution in [3.63, 3.8) is 0 Å². The largest absolute Gasteiger partial charge is 0.478 e. The maximum Gasteiger partial charge on any atom is 0.338 e.